The smallest absolute Gasteiger partial charge is 0.122 e. The monoisotopic (exact) mass is 219 g/mol. The average Bonchev–Trinajstić information content (AvgIpc) is 2.18. The van der Waals surface area contributed by atoms with E-state index in [9.17, 15) is 0 Å². The van der Waals surface area contributed by atoms with Gasteiger partial charge in [-0.3, -0.25) is 0 Å². The van der Waals surface area contributed by atoms with Crippen LogP contribution in [0.5, 0.6) is 5.75 Å². The quantitative estimate of drug-likeness (QED) is 0.844. The third-order valence-corrected chi connectivity index (χ3v) is 3.54. The molecule has 2 rings (SSSR count). The second kappa shape index (κ2) is 4.88. The SMILES string of the molecule is CCOc1ccc(C(N)C2CCC2)cc1C. The molecule has 0 bridgehead atoms. The van der Waals surface area contributed by atoms with Crippen molar-refractivity contribution in [2.45, 2.75) is 39.2 Å². The van der Waals surface area contributed by atoms with Crippen molar-refractivity contribution in [3.05, 3.63) is 29.3 Å². The van der Waals surface area contributed by atoms with E-state index in [-0.39, 0.29) is 6.04 Å². The van der Waals surface area contributed by atoms with Crippen molar-refractivity contribution in [1.82, 2.24) is 0 Å². The fourth-order valence-corrected chi connectivity index (χ4v) is 2.27. The molecule has 88 valence electrons. The Morgan fingerprint density at radius 3 is 2.69 bits per heavy atom. The second-order valence-corrected chi connectivity index (χ2v) is 4.67. The van der Waals surface area contributed by atoms with E-state index >= 15 is 0 Å². The molecule has 0 amide bonds. The number of hydrogen-bond acceptors (Lipinski definition) is 2. The fraction of sp³-hybridized carbons (Fsp3) is 0.571. The maximum absolute atomic E-state index is 6.25. The van der Waals surface area contributed by atoms with Gasteiger partial charge in [-0.25, -0.2) is 0 Å². The Kier molecular flexibility index (Phi) is 3.49. The number of hydrogen-bond donors (Lipinski definition) is 1. The van der Waals surface area contributed by atoms with Crippen LogP contribution in [0.4, 0.5) is 0 Å². The topological polar surface area (TPSA) is 35.2 Å². The molecule has 1 saturated carbocycles. The van der Waals surface area contributed by atoms with Gasteiger partial charge in [0, 0.05) is 6.04 Å². The summed E-state index contributed by atoms with van der Waals surface area (Å²) in [4.78, 5) is 0. The largest absolute Gasteiger partial charge is 0.494 e. The van der Waals surface area contributed by atoms with Crippen LogP contribution in [-0.2, 0) is 0 Å². The van der Waals surface area contributed by atoms with Crippen molar-refractivity contribution in [3.8, 4) is 5.75 Å². The molecule has 0 spiro atoms. The minimum atomic E-state index is 0.211. The molecule has 0 saturated heterocycles. The van der Waals surface area contributed by atoms with Gasteiger partial charge in [-0.05, 0) is 49.8 Å². The Morgan fingerprint density at radius 1 is 1.44 bits per heavy atom. The van der Waals surface area contributed by atoms with E-state index in [4.69, 9.17) is 10.5 Å². The lowest BCUT2D eigenvalue weighted by Crippen LogP contribution is -2.26. The summed E-state index contributed by atoms with van der Waals surface area (Å²) in [5.74, 6) is 1.67. The minimum absolute atomic E-state index is 0.211. The standard InChI is InChI=1S/C14H21NO/c1-3-16-13-8-7-12(9-10(13)2)14(15)11-5-4-6-11/h7-9,11,14H,3-6,15H2,1-2H3. The highest BCUT2D eigenvalue weighted by Crippen LogP contribution is 2.37. The van der Waals surface area contributed by atoms with Gasteiger partial charge in [0.1, 0.15) is 5.75 Å². The first-order chi connectivity index (χ1) is 7.72. The summed E-state index contributed by atoms with van der Waals surface area (Å²) in [6.07, 6.45) is 3.91. The summed E-state index contributed by atoms with van der Waals surface area (Å²) in [5, 5.41) is 0. The van der Waals surface area contributed by atoms with Gasteiger partial charge < -0.3 is 10.5 Å². The van der Waals surface area contributed by atoms with E-state index in [1.165, 1.54) is 30.4 Å². The Hall–Kier alpha value is -1.02. The van der Waals surface area contributed by atoms with Crippen molar-refractivity contribution in [3.63, 3.8) is 0 Å². The first kappa shape index (κ1) is 11.5. The first-order valence-electron chi connectivity index (χ1n) is 6.21. The molecule has 1 fully saturated rings. The van der Waals surface area contributed by atoms with Crippen LogP contribution in [-0.4, -0.2) is 6.61 Å². The van der Waals surface area contributed by atoms with Crippen LogP contribution in [0, 0.1) is 12.8 Å². The van der Waals surface area contributed by atoms with E-state index in [2.05, 4.69) is 19.1 Å². The van der Waals surface area contributed by atoms with Gasteiger partial charge >= 0.3 is 0 Å². The van der Waals surface area contributed by atoms with E-state index in [0.29, 0.717) is 5.92 Å². The maximum atomic E-state index is 6.25. The van der Waals surface area contributed by atoms with Gasteiger partial charge in [-0.15, -0.1) is 0 Å². The molecule has 16 heavy (non-hydrogen) atoms. The molecule has 0 heterocycles. The van der Waals surface area contributed by atoms with Crippen LogP contribution < -0.4 is 10.5 Å². The summed E-state index contributed by atoms with van der Waals surface area (Å²) in [7, 11) is 0. The van der Waals surface area contributed by atoms with Crippen molar-refractivity contribution in [1.29, 1.82) is 0 Å². The zero-order valence-electron chi connectivity index (χ0n) is 10.2. The molecule has 0 radical (unpaired) electrons. The second-order valence-electron chi connectivity index (χ2n) is 4.67. The molecule has 2 heteroatoms. The number of rotatable bonds is 4. The molecule has 0 aliphatic heterocycles. The third kappa shape index (κ3) is 2.22. The Balaban J connectivity index is 2.13. The Bertz CT molecular complexity index is 358. The molecule has 2 N–H and O–H groups in total. The summed E-state index contributed by atoms with van der Waals surface area (Å²) in [5.41, 5.74) is 8.70. The zero-order chi connectivity index (χ0) is 11.5. The van der Waals surface area contributed by atoms with E-state index in [1.54, 1.807) is 0 Å². The number of benzene rings is 1. The lowest BCUT2D eigenvalue weighted by Gasteiger charge is -2.31. The van der Waals surface area contributed by atoms with Crippen LogP contribution in [0.15, 0.2) is 18.2 Å². The van der Waals surface area contributed by atoms with Crippen molar-refractivity contribution in [2.75, 3.05) is 6.61 Å². The molecule has 1 aliphatic rings. The van der Waals surface area contributed by atoms with Gasteiger partial charge in [0.25, 0.3) is 0 Å². The highest BCUT2D eigenvalue weighted by atomic mass is 16.5. The van der Waals surface area contributed by atoms with E-state index in [0.717, 1.165) is 12.4 Å². The van der Waals surface area contributed by atoms with Gasteiger partial charge in [0.2, 0.25) is 0 Å². The molecule has 1 aromatic rings. The van der Waals surface area contributed by atoms with Crippen LogP contribution in [0.1, 0.15) is 43.4 Å². The highest BCUT2D eigenvalue weighted by Gasteiger charge is 2.25. The summed E-state index contributed by atoms with van der Waals surface area (Å²) >= 11 is 0. The number of ether oxygens (including phenoxy) is 1. The van der Waals surface area contributed by atoms with Crippen molar-refractivity contribution in [2.24, 2.45) is 11.7 Å². The highest BCUT2D eigenvalue weighted by molar-refractivity contribution is 5.37. The third-order valence-electron chi connectivity index (χ3n) is 3.54. The fourth-order valence-electron chi connectivity index (χ4n) is 2.27. The van der Waals surface area contributed by atoms with Crippen LogP contribution in [0.25, 0.3) is 0 Å². The molecule has 0 aromatic heterocycles. The molecule has 1 aliphatic carbocycles. The van der Waals surface area contributed by atoms with Crippen LogP contribution in [0.3, 0.4) is 0 Å². The van der Waals surface area contributed by atoms with E-state index in [1.807, 2.05) is 13.0 Å². The normalized spacial score (nSPS) is 17.9. The molecule has 1 unspecified atom stereocenters. The molecule has 2 nitrogen and oxygen atoms in total. The van der Waals surface area contributed by atoms with Gasteiger partial charge in [0.15, 0.2) is 0 Å². The van der Waals surface area contributed by atoms with Crippen molar-refractivity contribution < 1.29 is 4.74 Å². The number of aryl methyl sites for hydroxylation is 1. The molecular weight excluding hydrogens is 198 g/mol. The lowest BCUT2D eigenvalue weighted by molar-refractivity contribution is 0.264. The Labute approximate surface area is 97.8 Å². The minimum Gasteiger partial charge on any atom is -0.494 e. The average molecular weight is 219 g/mol. The van der Waals surface area contributed by atoms with Gasteiger partial charge in [0.05, 0.1) is 6.61 Å². The van der Waals surface area contributed by atoms with Crippen LogP contribution >= 0.6 is 0 Å². The van der Waals surface area contributed by atoms with Crippen LogP contribution in [0.2, 0.25) is 0 Å². The first-order valence-corrected chi connectivity index (χ1v) is 6.21. The van der Waals surface area contributed by atoms with E-state index < -0.39 is 0 Å². The summed E-state index contributed by atoms with van der Waals surface area (Å²) in [6, 6.07) is 6.55. The maximum Gasteiger partial charge on any atom is 0.122 e. The molecular formula is C14H21NO. The zero-order valence-corrected chi connectivity index (χ0v) is 10.2. The van der Waals surface area contributed by atoms with Gasteiger partial charge in [-0.1, -0.05) is 18.6 Å². The van der Waals surface area contributed by atoms with Gasteiger partial charge in [-0.2, -0.15) is 0 Å². The lowest BCUT2D eigenvalue weighted by atomic mass is 9.77. The predicted molar refractivity (Wildman–Crippen MR) is 66.6 cm³/mol. The summed E-state index contributed by atoms with van der Waals surface area (Å²) < 4.78 is 5.53. The number of nitrogens with two attached hydrogens (primary N) is 1. The molecule has 1 aromatic carbocycles. The molecule has 1 atom stereocenters. The summed E-state index contributed by atoms with van der Waals surface area (Å²) in [6.45, 7) is 4.81. The predicted octanol–water partition coefficient (Wildman–Crippen LogP) is 3.19. The Morgan fingerprint density at radius 2 is 2.19 bits per heavy atom. The van der Waals surface area contributed by atoms with Crippen molar-refractivity contribution >= 4 is 0 Å².